The molecule has 3 heterocycles. The maximum Gasteiger partial charge on any atom is 0.233 e. The van der Waals surface area contributed by atoms with Crippen LogP contribution >= 0.6 is 0 Å². The van der Waals surface area contributed by atoms with Crippen molar-refractivity contribution >= 4 is 59.7 Å². The molecule has 0 spiro atoms. The molecule has 3 unspecified atom stereocenters. The lowest BCUT2D eigenvalue weighted by atomic mass is 9.78. The molecule has 674 valence electrons. The molecule has 4 N–H and O–H groups in total. The SMILES string of the molecule is CC(C)(C)[Si](C)(C)O[C@@H](CCC1C(=O)N(c2ccc(F)cc2)[C@@H]1c1ccc(O)cc1O)c1ccc(F)cc1.CC(C)(C)[Si](C)(C)O[C@@H](CCC1C(=O)N(c2ccc(F)cc2)[C@@H]1c1ccc(O)cc1OCc1ccccc1)c1ccc(F)cc1.CC(C)(C)[Si](C)(C)O[C@@H](CCC1C(=O)N(c2ccc(F)cc2)[C@@H]1c1ccc(OCc2ccccc2)cc1O)c1ccc(F)cc1. The first kappa shape index (κ1) is 95.8. The zero-order valence-electron chi connectivity index (χ0n) is 75.3. The van der Waals surface area contributed by atoms with Crippen LogP contribution in [0.2, 0.25) is 54.4 Å². The van der Waals surface area contributed by atoms with Crippen molar-refractivity contribution in [3.05, 3.63) is 340 Å². The molecule has 3 fully saturated rings. The summed E-state index contributed by atoms with van der Waals surface area (Å²) < 4.78 is 115. The third-order valence-electron chi connectivity index (χ3n) is 26.1. The average molecular weight is 1800 g/mol. The third-order valence-corrected chi connectivity index (χ3v) is 39.5. The number of benzene rings is 11. The molecular weight excluding hydrogens is 1680 g/mol. The number of rotatable bonds is 30. The number of phenolic OH excluding ortho intramolecular Hbond substituents is 4. The molecule has 14 rings (SSSR count). The van der Waals surface area contributed by atoms with E-state index in [9.17, 15) is 61.2 Å². The van der Waals surface area contributed by atoms with Crippen LogP contribution in [0.1, 0.15) is 182 Å². The van der Waals surface area contributed by atoms with E-state index in [2.05, 4.69) is 102 Å². The van der Waals surface area contributed by atoms with Gasteiger partial charge in [-0.1, -0.05) is 159 Å². The molecule has 3 aliphatic rings. The normalized spacial score (nSPS) is 17.9. The van der Waals surface area contributed by atoms with Gasteiger partial charge in [-0.25, -0.2) is 26.3 Å². The van der Waals surface area contributed by atoms with Gasteiger partial charge < -0.3 is 57.9 Å². The Morgan fingerprint density at radius 1 is 0.328 bits per heavy atom. The smallest absolute Gasteiger partial charge is 0.233 e. The number of nitrogens with zero attached hydrogens (tertiary/aromatic N) is 3. The molecule has 0 aromatic heterocycles. The van der Waals surface area contributed by atoms with Crippen LogP contribution in [-0.4, -0.2) is 63.1 Å². The molecule has 11 aromatic carbocycles. The minimum absolute atomic E-state index is 0.0165. The molecule has 3 saturated heterocycles. The minimum atomic E-state index is -2.23. The quantitative estimate of drug-likeness (QED) is 0.0190. The number of ether oxygens (including phenoxy) is 2. The van der Waals surface area contributed by atoms with Crippen molar-refractivity contribution in [1.82, 2.24) is 0 Å². The Balaban J connectivity index is 0.000000175. The molecule has 0 radical (unpaired) electrons. The highest BCUT2D eigenvalue weighted by atomic mass is 28.4. The van der Waals surface area contributed by atoms with Gasteiger partial charge in [0.05, 0.1) is 54.2 Å². The average Bonchev–Trinajstić information content (AvgIpc) is 0.742. The molecule has 3 aliphatic heterocycles. The van der Waals surface area contributed by atoms with Gasteiger partial charge in [0.15, 0.2) is 25.0 Å². The van der Waals surface area contributed by atoms with Crippen LogP contribution in [0, 0.1) is 52.7 Å². The van der Waals surface area contributed by atoms with E-state index in [1.54, 1.807) is 118 Å². The minimum Gasteiger partial charge on any atom is -0.508 e. The third kappa shape index (κ3) is 22.9. The second kappa shape index (κ2) is 40.2. The van der Waals surface area contributed by atoms with Gasteiger partial charge in [0.2, 0.25) is 17.7 Å². The predicted molar refractivity (Wildman–Crippen MR) is 498 cm³/mol. The van der Waals surface area contributed by atoms with E-state index in [1.807, 2.05) is 60.7 Å². The van der Waals surface area contributed by atoms with Gasteiger partial charge in [0, 0.05) is 52.0 Å². The molecular formula is C104H117F6N3O12Si3. The molecule has 9 atom stereocenters. The topological polar surface area (TPSA) is 188 Å². The summed E-state index contributed by atoms with van der Waals surface area (Å²) in [7, 11) is -6.66. The van der Waals surface area contributed by atoms with E-state index < -0.39 is 72.5 Å². The molecule has 128 heavy (non-hydrogen) atoms. The second-order valence-electron chi connectivity index (χ2n) is 37.9. The summed E-state index contributed by atoms with van der Waals surface area (Å²) in [6, 6.07) is 68.9. The largest absolute Gasteiger partial charge is 0.508 e. The van der Waals surface area contributed by atoms with Crippen molar-refractivity contribution in [3.63, 3.8) is 0 Å². The summed E-state index contributed by atoms with van der Waals surface area (Å²) in [5.41, 5.74) is 8.05. The lowest BCUT2D eigenvalue weighted by Crippen LogP contribution is -2.55. The van der Waals surface area contributed by atoms with Crippen molar-refractivity contribution < 1.29 is 83.9 Å². The van der Waals surface area contributed by atoms with E-state index in [-0.39, 0.29) is 104 Å². The van der Waals surface area contributed by atoms with Crippen LogP contribution in [-0.2, 0) is 40.9 Å². The number of β-lactam (4-membered cyclic amide) rings is 3. The Morgan fingerprint density at radius 3 is 0.906 bits per heavy atom. The lowest BCUT2D eigenvalue weighted by molar-refractivity contribution is -0.131. The highest BCUT2D eigenvalue weighted by Gasteiger charge is 2.54. The zero-order valence-corrected chi connectivity index (χ0v) is 78.3. The Hall–Kier alpha value is -11.3. The van der Waals surface area contributed by atoms with E-state index in [0.717, 1.165) is 33.4 Å². The van der Waals surface area contributed by atoms with Crippen LogP contribution in [0.15, 0.2) is 261 Å². The molecule has 0 aliphatic carbocycles. The highest BCUT2D eigenvalue weighted by Crippen LogP contribution is 2.55. The van der Waals surface area contributed by atoms with Crippen molar-refractivity contribution in [3.8, 4) is 34.5 Å². The molecule has 24 heteroatoms. The Morgan fingerprint density at radius 2 is 0.602 bits per heavy atom. The first-order valence-corrected chi connectivity index (χ1v) is 52.3. The van der Waals surface area contributed by atoms with Crippen molar-refractivity contribution in [2.75, 3.05) is 14.7 Å². The zero-order chi connectivity index (χ0) is 92.5. The predicted octanol–water partition coefficient (Wildman–Crippen LogP) is 26.6. The van der Waals surface area contributed by atoms with Crippen LogP contribution in [0.4, 0.5) is 43.4 Å². The first-order chi connectivity index (χ1) is 60.5. The molecule has 0 saturated carbocycles. The summed E-state index contributed by atoms with van der Waals surface area (Å²) in [4.78, 5) is 45.9. The van der Waals surface area contributed by atoms with Gasteiger partial charge in [-0.05, 0) is 266 Å². The highest BCUT2D eigenvalue weighted by molar-refractivity contribution is 6.75. The summed E-state index contributed by atoms with van der Waals surface area (Å²) in [5.74, 6) is -2.99. The lowest BCUT2D eigenvalue weighted by Gasteiger charge is -2.48. The maximum absolute atomic E-state index is 13.9. The molecule has 11 aromatic rings. The van der Waals surface area contributed by atoms with E-state index >= 15 is 0 Å². The number of hydrogen-bond donors (Lipinski definition) is 4. The van der Waals surface area contributed by atoms with Crippen LogP contribution < -0.4 is 24.2 Å². The van der Waals surface area contributed by atoms with Crippen LogP contribution in [0.25, 0.3) is 0 Å². The number of carbonyl (C=O) groups excluding carboxylic acids is 3. The van der Waals surface area contributed by atoms with Crippen molar-refractivity contribution in [1.29, 1.82) is 0 Å². The monoisotopic (exact) mass is 1800 g/mol. The van der Waals surface area contributed by atoms with Gasteiger partial charge in [-0.2, -0.15) is 0 Å². The fraction of sp³-hybridized carbons (Fsp3) is 0.337. The van der Waals surface area contributed by atoms with Gasteiger partial charge in [-0.3, -0.25) is 14.4 Å². The van der Waals surface area contributed by atoms with Crippen LogP contribution in [0.5, 0.6) is 34.5 Å². The summed E-state index contributed by atoms with van der Waals surface area (Å²) >= 11 is 0. The number of phenols is 4. The van der Waals surface area contributed by atoms with Gasteiger partial charge >= 0.3 is 0 Å². The summed E-state index contributed by atoms with van der Waals surface area (Å²) in [5, 5.41) is 42.0. The van der Waals surface area contributed by atoms with Gasteiger partial charge in [0.1, 0.15) is 82.6 Å². The van der Waals surface area contributed by atoms with E-state index in [1.165, 1.54) is 97.1 Å². The Labute approximate surface area is 751 Å². The molecule has 15 nitrogen and oxygen atoms in total. The van der Waals surface area contributed by atoms with Gasteiger partial charge in [-0.15, -0.1) is 0 Å². The number of carbonyl (C=O) groups is 3. The van der Waals surface area contributed by atoms with E-state index in [0.29, 0.717) is 84.8 Å². The van der Waals surface area contributed by atoms with Crippen LogP contribution in [0.3, 0.4) is 0 Å². The molecule has 0 bridgehead atoms. The van der Waals surface area contributed by atoms with Crippen molar-refractivity contribution in [2.24, 2.45) is 17.8 Å². The second-order valence-corrected chi connectivity index (χ2v) is 52.2. The number of halogens is 6. The number of anilines is 3. The van der Waals surface area contributed by atoms with Gasteiger partial charge in [0.25, 0.3) is 0 Å². The Bertz CT molecular complexity index is 5590. The number of aromatic hydroxyl groups is 4. The number of hydrogen-bond acceptors (Lipinski definition) is 12. The summed E-state index contributed by atoms with van der Waals surface area (Å²) in [6.45, 7) is 33.2. The Kier molecular flexibility index (Phi) is 30.1. The van der Waals surface area contributed by atoms with Crippen molar-refractivity contribution in [2.45, 2.75) is 205 Å². The fourth-order valence-corrected chi connectivity index (χ4v) is 19.7. The standard InChI is InChI=1S/2C37H41F2NO4Si.C30H35F2NO4Si/c1-37(2,3)45(4,5)44-34(26-11-13-27(38)14-12-26)22-21-32-35(40(36(32)42)29-17-15-28(39)16-18-29)31-20-19-30(23-33(31)41)43-24-25-9-7-6-8-10-25;1-37(2,3)45(4,5)44-33(26-11-13-27(38)14-12-26)22-21-32-35(40(36(32)42)29-17-15-28(39)16-18-29)31-20-19-30(41)23-34(31)43-24-25-9-7-6-8-10-25;1-30(2,3)38(4,5)37-27(19-6-8-20(31)9-7-19)17-16-25-28(24-15-14-23(34)18-26(24)35)33(29(25)36)22-12-10-21(32)11-13-22/h6-20,23,32,34-35,41H,21-22,24H2,1-5H3;6-20,23,32-33,35,41H,21-22,24H2,1-5H3;6-15,18,25,27-28,34-35H,16-17H2,1-5H3/t32?,34-,35+;32?,33-,35+;25?,27-,28+/m000/s1. The molecule has 3 amide bonds. The van der Waals surface area contributed by atoms with E-state index in [4.69, 9.17) is 22.8 Å². The summed E-state index contributed by atoms with van der Waals surface area (Å²) in [6.07, 6.45) is 2.02. The number of amides is 3. The maximum atomic E-state index is 13.9. The fourth-order valence-electron chi connectivity index (χ4n) is 15.7. The first-order valence-electron chi connectivity index (χ1n) is 43.5.